The van der Waals surface area contributed by atoms with E-state index >= 15 is 0 Å². The van der Waals surface area contributed by atoms with Gasteiger partial charge in [-0.1, -0.05) is 12.2 Å². The fraction of sp³-hybridized carbons (Fsp3) is 0.583. The summed E-state index contributed by atoms with van der Waals surface area (Å²) in [6.07, 6.45) is 5.03. The molecule has 0 aliphatic carbocycles. The zero-order valence-electron chi connectivity index (χ0n) is 10.6. The fourth-order valence-corrected chi connectivity index (χ4v) is 1.09. The monoisotopic (exact) mass is 242 g/mol. The maximum atomic E-state index is 11.3. The standard InChI is InChI=1S/C12H22N2O3/c1-4-9-14(17-6-3)10-7-8-12(15)11-13-16-5-2/h4,7-8,13H,1,5-6,9-11H2,2-3H3. The van der Waals surface area contributed by atoms with Crippen molar-refractivity contribution in [1.29, 1.82) is 0 Å². The maximum Gasteiger partial charge on any atom is 0.171 e. The number of nitrogens with zero attached hydrogens (tertiary/aromatic N) is 1. The van der Waals surface area contributed by atoms with Gasteiger partial charge in [0.05, 0.1) is 19.8 Å². The number of nitrogens with one attached hydrogen (secondary N) is 1. The van der Waals surface area contributed by atoms with Crippen LogP contribution in [-0.4, -0.2) is 43.7 Å². The van der Waals surface area contributed by atoms with Gasteiger partial charge in [-0.25, -0.2) is 0 Å². The zero-order valence-corrected chi connectivity index (χ0v) is 10.6. The summed E-state index contributed by atoms with van der Waals surface area (Å²) in [5, 5.41) is 1.73. The lowest BCUT2D eigenvalue weighted by molar-refractivity contribution is -0.138. The normalized spacial score (nSPS) is 11.2. The number of hydrogen-bond donors (Lipinski definition) is 1. The lowest BCUT2D eigenvalue weighted by Gasteiger charge is -2.16. The van der Waals surface area contributed by atoms with Crippen LogP contribution in [0.3, 0.4) is 0 Å². The highest BCUT2D eigenvalue weighted by Crippen LogP contribution is 1.91. The first-order chi connectivity index (χ1) is 8.24. The third kappa shape index (κ3) is 9.89. The van der Waals surface area contributed by atoms with E-state index in [1.54, 1.807) is 17.2 Å². The van der Waals surface area contributed by atoms with Gasteiger partial charge in [-0.3, -0.25) is 9.63 Å². The van der Waals surface area contributed by atoms with E-state index in [9.17, 15) is 4.79 Å². The van der Waals surface area contributed by atoms with Crippen LogP contribution in [0.2, 0.25) is 0 Å². The molecule has 0 unspecified atom stereocenters. The zero-order chi connectivity index (χ0) is 12.9. The second-order valence-corrected chi connectivity index (χ2v) is 3.18. The van der Waals surface area contributed by atoms with E-state index in [1.165, 1.54) is 6.08 Å². The predicted molar refractivity (Wildman–Crippen MR) is 67.2 cm³/mol. The third-order valence-corrected chi connectivity index (χ3v) is 1.75. The summed E-state index contributed by atoms with van der Waals surface area (Å²) in [6.45, 7) is 9.90. The highest BCUT2D eigenvalue weighted by Gasteiger charge is 2.00. The molecule has 5 heteroatoms. The second-order valence-electron chi connectivity index (χ2n) is 3.18. The first kappa shape index (κ1) is 16.0. The van der Waals surface area contributed by atoms with Gasteiger partial charge in [0, 0.05) is 13.1 Å². The SMILES string of the molecule is C=CCN(CC=CC(=O)CNOCC)OCC. The number of carbonyl (C=O) groups is 1. The van der Waals surface area contributed by atoms with Crippen LogP contribution in [-0.2, 0) is 14.5 Å². The molecule has 0 radical (unpaired) electrons. The Kier molecular flexibility index (Phi) is 10.8. The molecule has 0 aromatic carbocycles. The topological polar surface area (TPSA) is 50.8 Å². The largest absolute Gasteiger partial charge is 0.302 e. The molecule has 0 saturated carbocycles. The average Bonchev–Trinajstić information content (AvgIpc) is 2.30. The van der Waals surface area contributed by atoms with E-state index in [0.717, 1.165) is 0 Å². The molecule has 98 valence electrons. The molecule has 17 heavy (non-hydrogen) atoms. The van der Waals surface area contributed by atoms with E-state index < -0.39 is 0 Å². The van der Waals surface area contributed by atoms with Crippen LogP contribution in [0.15, 0.2) is 24.8 Å². The van der Waals surface area contributed by atoms with Gasteiger partial charge < -0.3 is 4.84 Å². The summed E-state index contributed by atoms with van der Waals surface area (Å²) in [6, 6.07) is 0. The van der Waals surface area contributed by atoms with Gasteiger partial charge >= 0.3 is 0 Å². The molecule has 1 N–H and O–H groups in total. The quantitative estimate of drug-likeness (QED) is 0.254. The second kappa shape index (κ2) is 11.5. The Morgan fingerprint density at radius 2 is 2.12 bits per heavy atom. The van der Waals surface area contributed by atoms with Crippen molar-refractivity contribution in [3.8, 4) is 0 Å². The highest BCUT2D eigenvalue weighted by molar-refractivity contribution is 5.91. The van der Waals surface area contributed by atoms with Crippen LogP contribution in [0.4, 0.5) is 0 Å². The minimum Gasteiger partial charge on any atom is -0.302 e. The predicted octanol–water partition coefficient (Wildman–Crippen LogP) is 1.09. The van der Waals surface area contributed by atoms with Crippen molar-refractivity contribution in [3.63, 3.8) is 0 Å². The number of rotatable bonds is 11. The van der Waals surface area contributed by atoms with Gasteiger partial charge in [0.25, 0.3) is 0 Å². The molecule has 0 aliphatic heterocycles. The molecule has 0 aromatic rings. The van der Waals surface area contributed by atoms with Crippen LogP contribution < -0.4 is 5.48 Å². The van der Waals surface area contributed by atoms with Gasteiger partial charge in [-0.05, 0) is 19.9 Å². The molecule has 0 atom stereocenters. The maximum absolute atomic E-state index is 11.3. The van der Waals surface area contributed by atoms with Crippen LogP contribution in [0.25, 0.3) is 0 Å². The Balaban J connectivity index is 3.80. The Morgan fingerprint density at radius 1 is 1.35 bits per heavy atom. The van der Waals surface area contributed by atoms with Gasteiger partial charge in [0.1, 0.15) is 0 Å². The van der Waals surface area contributed by atoms with E-state index in [0.29, 0.717) is 26.3 Å². The smallest absolute Gasteiger partial charge is 0.171 e. The number of ketones is 1. The van der Waals surface area contributed by atoms with Gasteiger partial charge in [-0.15, -0.1) is 6.58 Å². The summed E-state index contributed by atoms with van der Waals surface area (Å²) in [5.74, 6) is -0.0338. The Hall–Kier alpha value is -1.01. The first-order valence-electron chi connectivity index (χ1n) is 5.77. The summed E-state index contributed by atoms with van der Waals surface area (Å²) in [4.78, 5) is 21.5. The molecule has 0 fully saturated rings. The lowest BCUT2D eigenvalue weighted by atomic mass is 10.3. The van der Waals surface area contributed by atoms with Crippen LogP contribution in [0.5, 0.6) is 0 Å². The van der Waals surface area contributed by atoms with Crippen LogP contribution in [0, 0.1) is 0 Å². The summed E-state index contributed by atoms with van der Waals surface area (Å²) in [7, 11) is 0. The molecular formula is C12H22N2O3. The van der Waals surface area contributed by atoms with Crippen molar-refractivity contribution in [2.75, 3.05) is 32.8 Å². The molecule has 0 bridgehead atoms. The Bertz CT molecular complexity index is 242. The fourth-order valence-electron chi connectivity index (χ4n) is 1.09. The van der Waals surface area contributed by atoms with Crippen LogP contribution >= 0.6 is 0 Å². The summed E-state index contributed by atoms with van der Waals surface area (Å²) in [5.41, 5.74) is 2.56. The number of hydroxylamine groups is 3. The summed E-state index contributed by atoms with van der Waals surface area (Å²) >= 11 is 0. The summed E-state index contributed by atoms with van der Waals surface area (Å²) < 4.78 is 0. The molecule has 0 heterocycles. The van der Waals surface area contributed by atoms with Gasteiger partial charge in [-0.2, -0.15) is 10.5 Å². The number of hydrogen-bond acceptors (Lipinski definition) is 5. The van der Waals surface area contributed by atoms with Crippen LogP contribution in [0.1, 0.15) is 13.8 Å². The molecular weight excluding hydrogens is 220 g/mol. The van der Waals surface area contributed by atoms with Crippen molar-refractivity contribution < 1.29 is 14.5 Å². The average molecular weight is 242 g/mol. The molecule has 0 aromatic heterocycles. The molecule has 0 spiro atoms. The Labute approximate surface area is 103 Å². The van der Waals surface area contributed by atoms with E-state index in [1.807, 2.05) is 13.8 Å². The Morgan fingerprint density at radius 3 is 2.71 bits per heavy atom. The number of carbonyl (C=O) groups excluding carboxylic acids is 1. The van der Waals surface area contributed by atoms with E-state index in [-0.39, 0.29) is 12.3 Å². The molecule has 0 saturated heterocycles. The lowest BCUT2D eigenvalue weighted by Crippen LogP contribution is -2.25. The van der Waals surface area contributed by atoms with Gasteiger partial charge in [0.15, 0.2) is 5.78 Å². The van der Waals surface area contributed by atoms with Gasteiger partial charge in [0.2, 0.25) is 0 Å². The minimum absolute atomic E-state index is 0.0338. The van der Waals surface area contributed by atoms with E-state index in [4.69, 9.17) is 9.68 Å². The molecule has 5 nitrogen and oxygen atoms in total. The van der Waals surface area contributed by atoms with Crippen molar-refractivity contribution >= 4 is 5.78 Å². The van der Waals surface area contributed by atoms with E-state index in [2.05, 4.69) is 12.1 Å². The highest BCUT2D eigenvalue weighted by atomic mass is 16.7. The van der Waals surface area contributed by atoms with Crippen molar-refractivity contribution in [3.05, 3.63) is 24.8 Å². The third-order valence-electron chi connectivity index (χ3n) is 1.75. The minimum atomic E-state index is -0.0338. The van der Waals surface area contributed by atoms with Crippen molar-refractivity contribution in [1.82, 2.24) is 10.5 Å². The molecule has 0 amide bonds. The first-order valence-corrected chi connectivity index (χ1v) is 5.77. The van der Waals surface area contributed by atoms with Crippen molar-refractivity contribution in [2.24, 2.45) is 0 Å². The van der Waals surface area contributed by atoms with Crippen molar-refractivity contribution in [2.45, 2.75) is 13.8 Å². The molecule has 0 rings (SSSR count). The molecule has 0 aliphatic rings.